The Labute approximate surface area is 165 Å². The molecule has 4 aliphatic heterocycles. The van der Waals surface area contributed by atoms with Crippen LogP contribution < -0.4 is 5.73 Å². The number of rotatable bonds is 4. The smallest absolute Gasteiger partial charge is 0.227 e. The summed E-state index contributed by atoms with van der Waals surface area (Å²) in [6.45, 7) is 4.74. The summed E-state index contributed by atoms with van der Waals surface area (Å²) in [5.74, 6) is 1.11. The zero-order chi connectivity index (χ0) is 19.1. The van der Waals surface area contributed by atoms with Crippen LogP contribution in [0.4, 0.5) is 5.69 Å². The number of fused-ring (bicyclic) bond motifs is 3. The first-order valence-corrected chi connectivity index (χ1v) is 10.5. The third-order valence-corrected chi connectivity index (χ3v) is 6.73. The van der Waals surface area contributed by atoms with Crippen molar-refractivity contribution in [2.24, 2.45) is 11.8 Å². The number of nitrogen functional groups attached to an aromatic ring is 1. The van der Waals surface area contributed by atoms with E-state index >= 15 is 0 Å². The topological polar surface area (TPSA) is 80.3 Å². The lowest BCUT2D eigenvalue weighted by Crippen LogP contribution is -2.58. The molecule has 0 radical (unpaired) electrons. The third kappa shape index (κ3) is 3.28. The predicted octanol–water partition coefficient (Wildman–Crippen LogP) is 1.86. The molecule has 148 valence electrons. The largest absolute Gasteiger partial charge is 0.399 e. The Balaban J connectivity index is 1.25. The van der Waals surface area contributed by atoms with Crippen LogP contribution in [-0.4, -0.2) is 62.9 Å². The zero-order valence-corrected chi connectivity index (χ0v) is 16.2. The van der Waals surface area contributed by atoms with Gasteiger partial charge in [-0.25, -0.2) is 0 Å². The Morgan fingerprint density at radius 2 is 2.07 bits per heavy atom. The quantitative estimate of drug-likeness (QED) is 0.819. The number of anilines is 1. The normalized spacial score (nSPS) is 29.4. The van der Waals surface area contributed by atoms with E-state index in [-0.39, 0.29) is 5.92 Å². The minimum Gasteiger partial charge on any atom is -0.399 e. The van der Waals surface area contributed by atoms with Gasteiger partial charge in [-0.15, -0.1) is 5.10 Å². The summed E-state index contributed by atoms with van der Waals surface area (Å²) in [5.41, 5.74) is 8.46. The molecule has 0 spiro atoms. The lowest BCUT2D eigenvalue weighted by molar-refractivity contribution is -0.142. The van der Waals surface area contributed by atoms with Gasteiger partial charge < -0.3 is 10.6 Å². The maximum absolute atomic E-state index is 12.9. The second kappa shape index (κ2) is 7.20. The second-order valence-corrected chi connectivity index (χ2v) is 8.52. The van der Waals surface area contributed by atoms with E-state index in [9.17, 15) is 4.79 Å². The highest BCUT2D eigenvalue weighted by molar-refractivity contribution is 5.80. The molecule has 4 saturated heterocycles. The van der Waals surface area contributed by atoms with E-state index in [1.54, 1.807) is 0 Å². The van der Waals surface area contributed by atoms with Crippen LogP contribution in [0.5, 0.6) is 0 Å². The number of carbonyl (C=O) groups is 1. The lowest BCUT2D eigenvalue weighted by Gasteiger charge is -2.49. The van der Waals surface area contributed by atoms with E-state index in [2.05, 4.69) is 20.1 Å². The fourth-order valence-electron chi connectivity index (χ4n) is 5.21. The maximum Gasteiger partial charge on any atom is 0.227 e. The van der Waals surface area contributed by atoms with Gasteiger partial charge in [0.2, 0.25) is 5.91 Å². The standard InChI is InChI=1S/C21H28N6O/c22-17-5-3-4-16(10-17)20-14-27(24-23-20)12-18-11-15-6-9-26(18)13-19(15)21(28)25-7-1-2-8-25/h3-5,10,14-15,18-19H,1-2,6-9,11-13,22H2/t15-,18-,19+/m1/s1. The van der Waals surface area contributed by atoms with E-state index < -0.39 is 0 Å². The Morgan fingerprint density at radius 3 is 2.82 bits per heavy atom. The van der Waals surface area contributed by atoms with Gasteiger partial charge in [0.05, 0.1) is 18.7 Å². The highest BCUT2D eigenvalue weighted by atomic mass is 16.2. The average molecular weight is 380 g/mol. The molecule has 1 unspecified atom stereocenters. The van der Waals surface area contributed by atoms with Crippen molar-refractivity contribution in [2.75, 3.05) is 31.9 Å². The molecule has 1 aromatic carbocycles. The van der Waals surface area contributed by atoms with Crippen molar-refractivity contribution in [1.82, 2.24) is 24.8 Å². The van der Waals surface area contributed by atoms with Gasteiger partial charge in [-0.1, -0.05) is 17.3 Å². The SMILES string of the molecule is Nc1cccc(-c2cn(C[C@H]3C[C@H]4CCN3C[C@@H]4C(=O)N3CCCC3)nn2)c1. The second-order valence-electron chi connectivity index (χ2n) is 8.52. The number of likely N-dealkylation sites (tertiary alicyclic amines) is 1. The maximum atomic E-state index is 12.9. The van der Waals surface area contributed by atoms with Gasteiger partial charge in [0, 0.05) is 36.9 Å². The zero-order valence-electron chi connectivity index (χ0n) is 16.2. The van der Waals surface area contributed by atoms with Crippen LogP contribution in [0.2, 0.25) is 0 Å². The molecule has 0 saturated carbocycles. The number of benzene rings is 1. The summed E-state index contributed by atoms with van der Waals surface area (Å²) in [6.07, 6.45) is 6.56. The Hall–Kier alpha value is -2.41. The Bertz CT molecular complexity index is 858. The number of nitrogens with zero attached hydrogens (tertiary/aromatic N) is 5. The number of amides is 1. The summed E-state index contributed by atoms with van der Waals surface area (Å²) in [5, 5.41) is 8.67. The van der Waals surface area contributed by atoms with Gasteiger partial charge in [0.1, 0.15) is 5.69 Å². The van der Waals surface area contributed by atoms with Crippen molar-refractivity contribution in [3.8, 4) is 11.3 Å². The van der Waals surface area contributed by atoms with Gasteiger partial charge in [0.25, 0.3) is 0 Å². The fraction of sp³-hybridized carbons (Fsp3) is 0.571. The minimum atomic E-state index is 0.196. The van der Waals surface area contributed by atoms with Crippen molar-refractivity contribution in [2.45, 2.75) is 38.3 Å². The van der Waals surface area contributed by atoms with E-state index in [4.69, 9.17) is 5.73 Å². The molecule has 2 bridgehead atoms. The van der Waals surface area contributed by atoms with E-state index in [1.807, 2.05) is 35.1 Å². The highest BCUT2D eigenvalue weighted by Crippen LogP contribution is 2.38. The average Bonchev–Trinajstić information content (AvgIpc) is 3.40. The van der Waals surface area contributed by atoms with Crippen LogP contribution in [0.25, 0.3) is 11.3 Å². The molecule has 7 heteroatoms. The van der Waals surface area contributed by atoms with Crippen LogP contribution in [0, 0.1) is 11.8 Å². The molecule has 1 aromatic heterocycles. The van der Waals surface area contributed by atoms with E-state index in [0.717, 1.165) is 75.4 Å². The summed E-state index contributed by atoms with van der Waals surface area (Å²) in [6, 6.07) is 8.18. The molecule has 2 N–H and O–H groups in total. The van der Waals surface area contributed by atoms with Gasteiger partial charge in [-0.05, 0) is 50.3 Å². The van der Waals surface area contributed by atoms with Crippen molar-refractivity contribution in [3.05, 3.63) is 30.5 Å². The number of nitrogens with two attached hydrogens (primary N) is 1. The molecule has 2 aromatic rings. The number of hydrogen-bond acceptors (Lipinski definition) is 5. The predicted molar refractivity (Wildman–Crippen MR) is 107 cm³/mol. The Morgan fingerprint density at radius 1 is 1.21 bits per heavy atom. The molecule has 5 heterocycles. The molecule has 4 fully saturated rings. The molecule has 4 aliphatic rings. The van der Waals surface area contributed by atoms with Crippen LogP contribution in [0.15, 0.2) is 30.5 Å². The molecular formula is C21H28N6O. The van der Waals surface area contributed by atoms with Gasteiger partial charge in [-0.2, -0.15) is 0 Å². The molecule has 28 heavy (non-hydrogen) atoms. The van der Waals surface area contributed by atoms with Crippen molar-refractivity contribution in [1.29, 1.82) is 0 Å². The summed E-state index contributed by atoms with van der Waals surface area (Å²) in [7, 11) is 0. The first-order chi connectivity index (χ1) is 13.7. The van der Waals surface area contributed by atoms with Crippen molar-refractivity contribution < 1.29 is 4.79 Å². The number of piperidine rings is 3. The number of carbonyl (C=O) groups excluding carboxylic acids is 1. The molecule has 1 amide bonds. The van der Waals surface area contributed by atoms with Crippen LogP contribution in [-0.2, 0) is 11.3 Å². The summed E-state index contributed by atoms with van der Waals surface area (Å²) >= 11 is 0. The molecule has 6 rings (SSSR count). The van der Waals surface area contributed by atoms with Crippen LogP contribution >= 0.6 is 0 Å². The monoisotopic (exact) mass is 380 g/mol. The molecule has 0 aliphatic carbocycles. The summed E-state index contributed by atoms with van der Waals surface area (Å²) in [4.78, 5) is 17.5. The molecule has 7 nitrogen and oxygen atoms in total. The van der Waals surface area contributed by atoms with Crippen LogP contribution in [0.1, 0.15) is 25.7 Å². The minimum absolute atomic E-state index is 0.196. The van der Waals surface area contributed by atoms with Crippen molar-refractivity contribution in [3.63, 3.8) is 0 Å². The van der Waals surface area contributed by atoms with Crippen LogP contribution in [0.3, 0.4) is 0 Å². The highest BCUT2D eigenvalue weighted by Gasteiger charge is 2.44. The van der Waals surface area contributed by atoms with Crippen molar-refractivity contribution >= 4 is 11.6 Å². The Kier molecular flexibility index (Phi) is 4.55. The van der Waals surface area contributed by atoms with Gasteiger partial charge in [0.15, 0.2) is 0 Å². The number of hydrogen-bond donors (Lipinski definition) is 1. The lowest BCUT2D eigenvalue weighted by atomic mass is 9.75. The first kappa shape index (κ1) is 17.7. The van der Waals surface area contributed by atoms with E-state index in [0.29, 0.717) is 17.9 Å². The molecular weight excluding hydrogens is 352 g/mol. The number of aromatic nitrogens is 3. The first-order valence-electron chi connectivity index (χ1n) is 10.5. The van der Waals surface area contributed by atoms with E-state index in [1.165, 1.54) is 0 Å². The van der Waals surface area contributed by atoms with Gasteiger partial charge >= 0.3 is 0 Å². The fourth-order valence-corrected chi connectivity index (χ4v) is 5.21. The van der Waals surface area contributed by atoms with Gasteiger partial charge in [-0.3, -0.25) is 14.4 Å². The summed E-state index contributed by atoms with van der Waals surface area (Å²) < 4.78 is 1.95. The third-order valence-electron chi connectivity index (χ3n) is 6.73. The molecule has 4 atom stereocenters.